The average molecular weight is 437 g/mol. The highest BCUT2D eigenvalue weighted by molar-refractivity contribution is 7.87. The third kappa shape index (κ3) is 6.66. The molecule has 0 saturated heterocycles. The van der Waals surface area contributed by atoms with Gasteiger partial charge in [-0.1, -0.05) is 25.1 Å². The highest BCUT2D eigenvalue weighted by Crippen LogP contribution is 2.37. The van der Waals surface area contributed by atoms with Crippen LogP contribution in [-0.4, -0.2) is 32.9 Å². The summed E-state index contributed by atoms with van der Waals surface area (Å²) in [6.45, 7) is 7.38. The zero-order chi connectivity index (χ0) is 22.1. The molecule has 7 nitrogen and oxygen atoms in total. The second kappa shape index (κ2) is 10.9. The molecule has 0 atom stereocenters. The molecule has 0 unspecified atom stereocenters. The summed E-state index contributed by atoms with van der Waals surface area (Å²) in [6, 6.07) is 12.0. The van der Waals surface area contributed by atoms with E-state index in [9.17, 15) is 13.2 Å². The average Bonchev–Trinajstić information content (AvgIpc) is 2.70. The van der Waals surface area contributed by atoms with Crippen molar-refractivity contribution in [1.29, 1.82) is 0 Å². The lowest BCUT2D eigenvalue weighted by Crippen LogP contribution is -2.20. The van der Waals surface area contributed by atoms with Crippen molar-refractivity contribution in [3.8, 4) is 23.0 Å². The molecule has 2 aromatic rings. The minimum absolute atomic E-state index is 0.228. The lowest BCUT2D eigenvalue weighted by molar-refractivity contribution is -0.134. The molecule has 2 rings (SSSR count). The first-order chi connectivity index (χ1) is 14.3. The summed E-state index contributed by atoms with van der Waals surface area (Å²) in [5, 5.41) is -0.633. The van der Waals surface area contributed by atoms with E-state index in [0.717, 1.165) is 5.56 Å². The standard InChI is InChI=1S/C22H28O7S/c1-5-21(23)28-22-19(26-6-2)11-8-12-20(22)27-14-13-17-9-7-10-18(15-17)29-30(24,25)16(3)4/h7-12,15-16H,5-6,13-14H2,1-4H3. The molecule has 0 aliphatic rings. The second-order valence-electron chi connectivity index (χ2n) is 6.71. The topological polar surface area (TPSA) is 88.1 Å². The van der Waals surface area contributed by atoms with Gasteiger partial charge in [-0.3, -0.25) is 4.79 Å². The molecule has 30 heavy (non-hydrogen) atoms. The summed E-state index contributed by atoms with van der Waals surface area (Å²) in [6.07, 6.45) is 0.727. The Bertz CT molecular complexity index is 952. The summed E-state index contributed by atoms with van der Waals surface area (Å²) in [5.74, 6) is 0.968. The molecule has 164 valence electrons. The van der Waals surface area contributed by atoms with Crippen LogP contribution in [0.5, 0.6) is 23.0 Å². The third-order valence-corrected chi connectivity index (χ3v) is 5.66. The van der Waals surface area contributed by atoms with Crippen LogP contribution < -0.4 is 18.4 Å². The number of para-hydroxylation sites is 1. The molecular weight excluding hydrogens is 408 g/mol. The van der Waals surface area contributed by atoms with Crippen LogP contribution in [0.3, 0.4) is 0 Å². The van der Waals surface area contributed by atoms with Gasteiger partial charge in [0.1, 0.15) is 5.75 Å². The Balaban J connectivity index is 2.09. The summed E-state index contributed by atoms with van der Waals surface area (Å²) in [7, 11) is -3.66. The van der Waals surface area contributed by atoms with Gasteiger partial charge < -0.3 is 18.4 Å². The van der Waals surface area contributed by atoms with E-state index in [0.29, 0.717) is 24.5 Å². The van der Waals surface area contributed by atoms with Gasteiger partial charge in [0.05, 0.1) is 18.5 Å². The van der Waals surface area contributed by atoms with Crippen LogP contribution in [0.4, 0.5) is 0 Å². The van der Waals surface area contributed by atoms with E-state index in [1.807, 2.05) is 13.0 Å². The van der Waals surface area contributed by atoms with Crippen LogP contribution in [0.15, 0.2) is 42.5 Å². The van der Waals surface area contributed by atoms with E-state index in [1.54, 1.807) is 57.2 Å². The van der Waals surface area contributed by atoms with E-state index in [4.69, 9.17) is 18.4 Å². The largest absolute Gasteiger partial charge is 0.490 e. The zero-order valence-electron chi connectivity index (χ0n) is 17.7. The van der Waals surface area contributed by atoms with Gasteiger partial charge in [-0.2, -0.15) is 8.42 Å². The molecular formula is C22H28O7S. The fraction of sp³-hybridized carbons (Fsp3) is 0.409. The van der Waals surface area contributed by atoms with Crippen LogP contribution in [0.1, 0.15) is 39.7 Å². The lowest BCUT2D eigenvalue weighted by Gasteiger charge is -2.15. The summed E-state index contributed by atoms with van der Waals surface area (Å²) in [4.78, 5) is 11.8. The zero-order valence-corrected chi connectivity index (χ0v) is 18.5. The number of carbonyl (C=O) groups is 1. The molecule has 0 radical (unpaired) electrons. The predicted molar refractivity (Wildman–Crippen MR) is 114 cm³/mol. The summed E-state index contributed by atoms with van der Waals surface area (Å²) < 4.78 is 45.8. The highest BCUT2D eigenvalue weighted by atomic mass is 32.2. The van der Waals surface area contributed by atoms with Gasteiger partial charge in [0.2, 0.25) is 5.75 Å². The molecule has 0 amide bonds. The van der Waals surface area contributed by atoms with E-state index < -0.39 is 15.4 Å². The minimum atomic E-state index is -3.66. The Hall–Kier alpha value is -2.74. The second-order valence-corrected chi connectivity index (χ2v) is 8.81. The van der Waals surface area contributed by atoms with Crippen molar-refractivity contribution in [2.75, 3.05) is 13.2 Å². The van der Waals surface area contributed by atoms with Crippen molar-refractivity contribution in [3.63, 3.8) is 0 Å². The van der Waals surface area contributed by atoms with Crippen LogP contribution in [0.2, 0.25) is 0 Å². The molecule has 0 aliphatic heterocycles. The van der Waals surface area contributed by atoms with Crippen molar-refractivity contribution in [3.05, 3.63) is 48.0 Å². The first kappa shape index (κ1) is 23.5. The fourth-order valence-electron chi connectivity index (χ4n) is 2.43. The molecule has 2 aromatic carbocycles. The Kier molecular flexibility index (Phi) is 8.53. The maximum absolute atomic E-state index is 11.9. The van der Waals surface area contributed by atoms with Crippen molar-refractivity contribution in [1.82, 2.24) is 0 Å². The molecule has 0 N–H and O–H groups in total. The number of carbonyl (C=O) groups excluding carboxylic acids is 1. The summed E-state index contributed by atoms with van der Waals surface area (Å²) in [5.41, 5.74) is 0.847. The molecule has 0 aliphatic carbocycles. The van der Waals surface area contributed by atoms with Gasteiger partial charge >= 0.3 is 16.1 Å². The Morgan fingerprint density at radius 2 is 1.67 bits per heavy atom. The van der Waals surface area contributed by atoms with Gasteiger partial charge in [0, 0.05) is 12.8 Å². The Morgan fingerprint density at radius 1 is 1.00 bits per heavy atom. The van der Waals surface area contributed by atoms with E-state index >= 15 is 0 Å². The van der Waals surface area contributed by atoms with Crippen molar-refractivity contribution in [2.24, 2.45) is 0 Å². The summed E-state index contributed by atoms with van der Waals surface area (Å²) >= 11 is 0. The molecule has 0 bridgehead atoms. The van der Waals surface area contributed by atoms with Gasteiger partial charge in [0.25, 0.3) is 0 Å². The first-order valence-electron chi connectivity index (χ1n) is 9.88. The van der Waals surface area contributed by atoms with Crippen molar-refractivity contribution in [2.45, 2.75) is 45.8 Å². The van der Waals surface area contributed by atoms with Gasteiger partial charge in [0.15, 0.2) is 11.5 Å². The molecule has 0 fully saturated rings. The number of hydrogen-bond acceptors (Lipinski definition) is 7. The van der Waals surface area contributed by atoms with Crippen molar-refractivity contribution < 1.29 is 31.6 Å². The normalized spacial score (nSPS) is 11.2. The fourth-order valence-corrected chi connectivity index (χ4v) is 2.99. The van der Waals surface area contributed by atoms with Crippen LogP contribution in [0.25, 0.3) is 0 Å². The maximum atomic E-state index is 11.9. The number of benzene rings is 2. The van der Waals surface area contributed by atoms with E-state index in [-0.39, 0.29) is 30.5 Å². The van der Waals surface area contributed by atoms with Crippen molar-refractivity contribution >= 4 is 16.1 Å². The highest BCUT2D eigenvalue weighted by Gasteiger charge is 2.18. The monoisotopic (exact) mass is 436 g/mol. The predicted octanol–water partition coefficient (Wildman–Crippen LogP) is 4.14. The van der Waals surface area contributed by atoms with E-state index in [2.05, 4.69) is 0 Å². The third-order valence-electron chi connectivity index (χ3n) is 4.08. The maximum Gasteiger partial charge on any atom is 0.311 e. The first-order valence-corrected chi connectivity index (χ1v) is 11.4. The Labute approximate surface area is 178 Å². The smallest absolute Gasteiger partial charge is 0.311 e. The number of rotatable bonds is 11. The quantitative estimate of drug-likeness (QED) is 0.297. The molecule has 0 aromatic heterocycles. The SMILES string of the molecule is CCOc1cccc(OCCc2cccc(OS(=O)(=O)C(C)C)c2)c1OC(=O)CC. The number of ether oxygens (including phenoxy) is 3. The van der Waals surface area contributed by atoms with Crippen LogP contribution in [0, 0.1) is 0 Å². The lowest BCUT2D eigenvalue weighted by atomic mass is 10.1. The molecule has 0 saturated carbocycles. The van der Waals surface area contributed by atoms with Crippen LogP contribution in [-0.2, 0) is 21.3 Å². The van der Waals surface area contributed by atoms with Crippen LogP contribution >= 0.6 is 0 Å². The van der Waals surface area contributed by atoms with Gasteiger partial charge in [-0.25, -0.2) is 0 Å². The number of esters is 1. The molecule has 8 heteroatoms. The number of hydrogen-bond donors (Lipinski definition) is 0. The minimum Gasteiger partial charge on any atom is -0.490 e. The van der Waals surface area contributed by atoms with E-state index in [1.165, 1.54) is 0 Å². The molecule has 0 spiro atoms. The Morgan fingerprint density at radius 3 is 2.30 bits per heavy atom. The van der Waals surface area contributed by atoms with Gasteiger partial charge in [-0.05, 0) is 50.6 Å². The molecule has 0 heterocycles. The van der Waals surface area contributed by atoms with Gasteiger partial charge in [-0.15, -0.1) is 0 Å².